The lowest BCUT2D eigenvalue weighted by Gasteiger charge is -2.23. The van der Waals surface area contributed by atoms with Gasteiger partial charge in [-0.25, -0.2) is 4.39 Å². The number of ether oxygens (including phenoxy) is 2. The van der Waals surface area contributed by atoms with Crippen molar-refractivity contribution in [1.29, 1.82) is 0 Å². The second-order valence-electron chi connectivity index (χ2n) is 7.50. The fourth-order valence-electron chi connectivity index (χ4n) is 3.23. The van der Waals surface area contributed by atoms with Crippen molar-refractivity contribution in [1.82, 2.24) is 4.90 Å². The molecule has 3 rings (SSSR count). The number of amides is 1. The van der Waals surface area contributed by atoms with Crippen LogP contribution in [0.2, 0.25) is 0 Å². The normalized spacial score (nSPS) is 11.1. The Labute approximate surface area is 207 Å². The second-order valence-corrected chi connectivity index (χ2v) is 9.05. The first-order valence-corrected chi connectivity index (χ1v) is 11.9. The third-order valence-electron chi connectivity index (χ3n) is 5.08. The molecule has 0 saturated heterocycles. The molecule has 0 bridgehead atoms. The summed E-state index contributed by atoms with van der Waals surface area (Å²) < 4.78 is 54.2. The molecule has 0 aliphatic rings. The van der Waals surface area contributed by atoms with E-state index in [2.05, 4.69) is 0 Å². The van der Waals surface area contributed by atoms with Gasteiger partial charge in [0.25, 0.3) is 11.6 Å². The molecule has 36 heavy (non-hydrogen) atoms. The molecular weight excluding hydrogens is 495 g/mol. The van der Waals surface area contributed by atoms with E-state index >= 15 is 0 Å². The minimum atomic E-state index is -4.29. The first-order chi connectivity index (χ1) is 17.1. The van der Waals surface area contributed by atoms with Gasteiger partial charge in [-0.3, -0.25) is 14.9 Å². The Morgan fingerprint density at radius 2 is 1.67 bits per heavy atom. The molecule has 0 unspecified atom stereocenters. The molecule has 0 aliphatic carbocycles. The van der Waals surface area contributed by atoms with Crippen LogP contribution in [0.5, 0.6) is 11.5 Å². The molecule has 0 atom stereocenters. The third-order valence-corrected chi connectivity index (χ3v) is 6.33. The number of benzene rings is 3. The molecule has 0 spiro atoms. The fourth-order valence-corrected chi connectivity index (χ4v) is 4.17. The highest BCUT2D eigenvalue weighted by Crippen LogP contribution is 2.31. The Balaban J connectivity index is 1.87. The number of non-ortho nitro benzene ring substituents is 1. The number of rotatable bonds is 11. The predicted molar refractivity (Wildman–Crippen MR) is 127 cm³/mol. The van der Waals surface area contributed by atoms with E-state index in [1.165, 1.54) is 55.5 Å². The number of hydrogen-bond donors (Lipinski definition) is 0. The largest absolute Gasteiger partial charge is 0.493 e. The van der Waals surface area contributed by atoms with Crippen molar-refractivity contribution < 1.29 is 36.2 Å². The standard InChI is InChI=1S/C24H23FN2O8S/c1-33-14-13-26(24(28)18-4-8-20(9-5-18)27(29)30)16-17-3-12-22(34-2)23(15-17)35-36(31,32)21-10-6-19(25)7-11-21/h3-12,15H,13-14,16H2,1-2H3. The van der Waals surface area contributed by atoms with Gasteiger partial charge < -0.3 is 18.6 Å². The summed E-state index contributed by atoms with van der Waals surface area (Å²) in [5.41, 5.74) is 0.612. The Bertz CT molecular complexity index is 1330. The van der Waals surface area contributed by atoms with Crippen LogP contribution in [-0.4, -0.2) is 51.5 Å². The van der Waals surface area contributed by atoms with Gasteiger partial charge in [-0.2, -0.15) is 8.42 Å². The average molecular weight is 519 g/mol. The quantitative estimate of drug-likeness (QED) is 0.213. The van der Waals surface area contributed by atoms with Gasteiger partial charge in [0.1, 0.15) is 10.7 Å². The van der Waals surface area contributed by atoms with E-state index in [0.29, 0.717) is 5.56 Å². The lowest BCUT2D eigenvalue weighted by atomic mass is 10.1. The van der Waals surface area contributed by atoms with E-state index in [1.807, 2.05) is 0 Å². The van der Waals surface area contributed by atoms with Gasteiger partial charge in [0, 0.05) is 37.9 Å². The van der Waals surface area contributed by atoms with Gasteiger partial charge in [0.2, 0.25) is 0 Å². The van der Waals surface area contributed by atoms with Crippen molar-refractivity contribution in [3.8, 4) is 11.5 Å². The van der Waals surface area contributed by atoms with Crippen LogP contribution in [0.3, 0.4) is 0 Å². The van der Waals surface area contributed by atoms with Gasteiger partial charge in [0.15, 0.2) is 11.5 Å². The molecule has 0 saturated carbocycles. The summed E-state index contributed by atoms with van der Waals surface area (Å²) in [5, 5.41) is 10.9. The minimum absolute atomic E-state index is 0.0517. The molecule has 3 aromatic carbocycles. The zero-order valence-corrected chi connectivity index (χ0v) is 20.2. The number of carbonyl (C=O) groups excluding carboxylic acids is 1. The van der Waals surface area contributed by atoms with E-state index < -0.39 is 26.8 Å². The van der Waals surface area contributed by atoms with Gasteiger partial charge in [-0.1, -0.05) is 6.07 Å². The molecule has 0 aliphatic heterocycles. The van der Waals surface area contributed by atoms with E-state index in [1.54, 1.807) is 6.07 Å². The van der Waals surface area contributed by atoms with Gasteiger partial charge in [-0.05, 0) is 54.1 Å². The van der Waals surface area contributed by atoms with Crippen molar-refractivity contribution in [3.05, 3.63) is 93.8 Å². The van der Waals surface area contributed by atoms with Crippen molar-refractivity contribution >= 4 is 21.7 Å². The van der Waals surface area contributed by atoms with Gasteiger partial charge in [-0.15, -0.1) is 0 Å². The van der Waals surface area contributed by atoms with Crippen LogP contribution in [0, 0.1) is 15.9 Å². The van der Waals surface area contributed by atoms with Crippen molar-refractivity contribution in [2.24, 2.45) is 0 Å². The molecule has 0 heterocycles. The molecule has 1 amide bonds. The molecule has 0 fully saturated rings. The van der Waals surface area contributed by atoms with E-state index in [9.17, 15) is 27.7 Å². The lowest BCUT2D eigenvalue weighted by molar-refractivity contribution is -0.384. The van der Waals surface area contributed by atoms with Crippen LogP contribution in [0.4, 0.5) is 10.1 Å². The van der Waals surface area contributed by atoms with Crippen LogP contribution in [0.25, 0.3) is 0 Å². The van der Waals surface area contributed by atoms with E-state index in [4.69, 9.17) is 13.7 Å². The smallest absolute Gasteiger partial charge is 0.339 e. The first kappa shape index (κ1) is 26.6. The minimum Gasteiger partial charge on any atom is -0.493 e. The number of hydrogen-bond acceptors (Lipinski definition) is 8. The molecule has 0 N–H and O–H groups in total. The highest BCUT2D eigenvalue weighted by Gasteiger charge is 2.22. The Morgan fingerprint density at radius 1 is 1.00 bits per heavy atom. The summed E-state index contributed by atoms with van der Waals surface area (Å²) in [6, 6.07) is 13.9. The molecular formula is C24H23FN2O8S. The monoisotopic (exact) mass is 518 g/mol. The first-order valence-electron chi connectivity index (χ1n) is 10.5. The van der Waals surface area contributed by atoms with Crippen molar-refractivity contribution in [2.45, 2.75) is 11.4 Å². The number of halogens is 1. The molecule has 3 aromatic rings. The zero-order chi connectivity index (χ0) is 26.3. The van der Waals surface area contributed by atoms with Crippen LogP contribution in [0.15, 0.2) is 71.6 Å². The number of nitro groups is 1. The van der Waals surface area contributed by atoms with Crippen LogP contribution in [0.1, 0.15) is 15.9 Å². The number of nitro benzene ring substituents is 1. The number of methoxy groups -OCH3 is 2. The second kappa shape index (κ2) is 11.6. The summed E-state index contributed by atoms with van der Waals surface area (Å²) in [4.78, 5) is 24.6. The SMILES string of the molecule is COCCN(Cc1ccc(OC)c(OS(=O)(=O)c2ccc(F)cc2)c1)C(=O)c1ccc([N+](=O)[O-])cc1. The maximum atomic E-state index is 13.2. The van der Waals surface area contributed by atoms with E-state index in [0.717, 1.165) is 24.3 Å². The molecule has 190 valence electrons. The summed E-state index contributed by atoms with van der Waals surface area (Å²) in [6.45, 7) is 0.468. The summed E-state index contributed by atoms with van der Waals surface area (Å²) >= 11 is 0. The average Bonchev–Trinajstić information content (AvgIpc) is 2.86. The van der Waals surface area contributed by atoms with Crippen molar-refractivity contribution in [3.63, 3.8) is 0 Å². The maximum absolute atomic E-state index is 13.2. The van der Waals surface area contributed by atoms with Crippen LogP contribution < -0.4 is 8.92 Å². The zero-order valence-electron chi connectivity index (χ0n) is 19.4. The molecule has 0 radical (unpaired) electrons. The summed E-state index contributed by atoms with van der Waals surface area (Å²) in [5.74, 6) is -0.982. The van der Waals surface area contributed by atoms with Crippen LogP contribution >= 0.6 is 0 Å². The highest BCUT2D eigenvalue weighted by molar-refractivity contribution is 7.87. The fraction of sp³-hybridized carbons (Fsp3) is 0.208. The number of nitrogens with zero attached hydrogens (tertiary/aromatic N) is 2. The Kier molecular flexibility index (Phi) is 8.56. The summed E-state index contributed by atoms with van der Waals surface area (Å²) in [7, 11) is -1.47. The van der Waals surface area contributed by atoms with Crippen LogP contribution in [-0.2, 0) is 21.4 Å². The highest BCUT2D eigenvalue weighted by atomic mass is 32.2. The third kappa shape index (κ3) is 6.55. The molecule has 12 heteroatoms. The molecule has 0 aromatic heterocycles. The van der Waals surface area contributed by atoms with Crippen molar-refractivity contribution in [2.75, 3.05) is 27.4 Å². The lowest BCUT2D eigenvalue weighted by Crippen LogP contribution is -2.33. The van der Waals surface area contributed by atoms with E-state index in [-0.39, 0.29) is 47.3 Å². The number of carbonyl (C=O) groups is 1. The summed E-state index contributed by atoms with van der Waals surface area (Å²) in [6.07, 6.45) is 0. The maximum Gasteiger partial charge on any atom is 0.339 e. The topological polar surface area (TPSA) is 125 Å². The Hall–Kier alpha value is -4.03. The van der Waals surface area contributed by atoms with Gasteiger partial charge >= 0.3 is 10.1 Å². The van der Waals surface area contributed by atoms with Gasteiger partial charge in [0.05, 0.1) is 18.6 Å². The molecule has 10 nitrogen and oxygen atoms in total. The predicted octanol–water partition coefficient (Wildman–Crippen LogP) is 3.80. The Morgan fingerprint density at radius 3 is 2.25 bits per heavy atom.